The van der Waals surface area contributed by atoms with Gasteiger partial charge in [0.25, 0.3) is 0 Å². The van der Waals surface area contributed by atoms with Crippen LogP contribution in [-0.4, -0.2) is 6.66 Å². The Morgan fingerprint density at radius 3 is 2.50 bits per heavy atom. The summed E-state index contributed by atoms with van der Waals surface area (Å²) in [6.07, 6.45) is -1.60. The highest BCUT2D eigenvalue weighted by atomic mass is 32.4. The van der Waals surface area contributed by atoms with E-state index in [1.54, 1.807) is 0 Å². The van der Waals surface area contributed by atoms with Crippen molar-refractivity contribution < 1.29 is 4.62 Å². The van der Waals surface area contributed by atoms with Crippen molar-refractivity contribution in [1.29, 1.82) is 5.16 Å². The Kier molecular flexibility index (Phi) is 4.63. The molecule has 0 fully saturated rings. The zero-order valence-corrected chi connectivity index (χ0v) is 8.50. The van der Waals surface area contributed by atoms with Gasteiger partial charge in [-0.25, -0.2) is 4.62 Å². The molecule has 0 saturated heterocycles. The highest BCUT2D eigenvalue weighted by molar-refractivity contribution is 8.49. The molecule has 0 aliphatic carbocycles. The Morgan fingerprint density at radius 1 is 1.88 bits per heavy atom. The fourth-order valence-electron chi connectivity index (χ4n) is 0.0969. The fourth-order valence-corrected chi connectivity index (χ4v) is 1.63. The predicted molar refractivity (Wildman–Crippen MR) is 45.4 cm³/mol. The minimum atomic E-state index is -1.60. The molecule has 0 aromatic rings. The van der Waals surface area contributed by atoms with Gasteiger partial charge in [0.2, 0.25) is 0 Å². The van der Waals surface area contributed by atoms with Gasteiger partial charge in [0.05, 0.1) is 8.06 Å². The molecule has 7 heteroatoms. The molecule has 0 aromatic carbocycles. The zero-order chi connectivity index (χ0) is 6.62. The Hall–Kier alpha value is 1.15. The third-order valence-corrected chi connectivity index (χ3v) is 3.35. The second-order valence-corrected chi connectivity index (χ2v) is 11.3. The van der Waals surface area contributed by atoms with E-state index in [9.17, 15) is 0 Å². The lowest BCUT2D eigenvalue weighted by Crippen LogP contribution is -1.44. The minimum Gasteiger partial charge on any atom is -0.305 e. The molecule has 0 aromatic heterocycles. The second kappa shape index (κ2) is 4.04. The molecule has 0 rings (SSSR count). The number of rotatable bonds is 2. The van der Waals surface area contributed by atoms with Crippen molar-refractivity contribution >= 4 is 32.9 Å². The van der Waals surface area contributed by atoms with Gasteiger partial charge in [-0.15, -0.1) is 4.91 Å². The normalized spacial score (nSPS) is 18.9. The minimum absolute atomic E-state index is 0.710. The molecule has 3 nitrogen and oxygen atoms in total. The van der Waals surface area contributed by atoms with Gasteiger partial charge in [-0.05, 0) is 6.66 Å². The quantitative estimate of drug-likeness (QED) is 0.525. The first-order valence-electron chi connectivity index (χ1n) is 1.75. The summed E-state index contributed by atoms with van der Waals surface area (Å²) in [7, 11) is 5.17. The molecular weight excluding hydrogens is 180 g/mol. The second-order valence-electron chi connectivity index (χ2n) is 1.30. The smallest absolute Gasteiger partial charge is 0.0891 e. The van der Waals surface area contributed by atoms with Crippen LogP contribution >= 0.6 is 32.9 Å². The zero-order valence-electron chi connectivity index (χ0n) is 4.40. The van der Waals surface area contributed by atoms with Crippen LogP contribution in [0.4, 0.5) is 0 Å². The number of hydrogen-bond donors (Lipinski definition) is 1. The van der Waals surface area contributed by atoms with E-state index in [4.69, 9.17) is 5.16 Å². The average molecular weight is 188 g/mol. The van der Waals surface area contributed by atoms with Crippen LogP contribution in [0.3, 0.4) is 0 Å². The maximum absolute atomic E-state index is 7.31. The lowest BCUT2D eigenvalue weighted by atomic mass is 12.0. The van der Waals surface area contributed by atoms with E-state index in [2.05, 4.69) is 18.5 Å². The molecular formula is CH8N2OP4. The fraction of sp³-hybridized carbons (Fsp3) is 1.00. The van der Waals surface area contributed by atoms with Crippen molar-refractivity contribution in [3.63, 3.8) is 0 Å². The first-order chi connectivity index (χ1) is 3.56. The maximum atomic E-state index is 7.31. The Balaban J connectivity index is 3.71. The molecule has 0 bridgehead atoms. The van der Waals surface area contributed by atoms with Crippen LogP contribution in [0.15, 0.2) is 4.91 Å². The molecule has 0 saturated carbocycles. The molecule has 3 unspecified atom stereocenters. The van der Waals surface area contributed by atoms with Crippen LogP contribution in [-0.2, 0) is 4.62 Å². The van der Waals surface area contributed by atoms with Crippen LogP contribution in [0.5, 0.6) is 0 Å². The van der Waals surface area contributed by atoms with Gasteiger partial charge >= 0.3 is 0 Å². The van der Waals surface area contributed by atoms with E-state index in [0.717, 1.165) is 0 Å². The van der Waals surface area contributed by atoms with Gasteiger partial charge in [0, 0.05) is 15.9 Å². The lowest BCUT2D eigenvalue weighted by Gasteiger charge is -1.95. The summed E-state index contributed by atoms with van der Waals surface area (Å²) >= 11 is 0. The summed E-state index contributed by atoms with van der Waals surface area (Å²) in [5, 5.41) is 7.31. The molecule has 0 aliphatic rings. The highest BCUT2D eigenvalue weighted by Crippen LogP contribution is 2.63. The van der Waals surface area contributed by atoms with Crippen molar-refractivity contribution in [2.24, 2.45) is 4.91 Å². The third kappa shape index (κ3) is 7.15. The average Bonchev–Trinajstić information content (AvgIpc) is 1.59. The maximum Gasteiger partial charge on any atom is 0.0891 e. The molecule has 0 spiro atoms. The molecule has 3 atom stereocenters. The molecule has 48 valence electrons. The molecule has 0 aliphatic heterocycles. The largest absolute Gasteiger partial charge is 0.305 e. The third-order valence-electron chi connectivity index (χ3n) is 0.269. The number of nitrogens with one attached hydrogen (secondary N) is 1. The summed E-state index contributed by atoms with van der Waals surface area (Å²) in [4.78, 5) is 3.52. The summed E-state index contributed by atoms with van der Waals surface area (Å²) < 4.78 is 4.34. The first kappa shape index (κ1) is 9.15. The van der Waals surface area contributed by atoms with Crippen LogP contribution < -0.4 is 0 Å². The topological polar surface area (TPSA) is 45.4 Å². The van der Waals surface area contributed by atoms with Crippen LogP contribution in [0.1, 0.15) is 0 Å². The predicted octanol–water partition coefficient (Wildman–Crippen LogP) is 2.95. The van der Waals surface area contributed by atoms with Gasteiger partial charge in [0.15, 0.2) is 0 Å². The summed E-state index contributed by atoms with van der Waals surface area (Å²) in [6, 6.07) is 0. The van der Waals surface area contributed by atoms with Crippen molar-refractivity contribution in [3.8, 4) is 0 Å². The molecule has 0 heterocycles. The van der Waals surface area contributed by atoms with E-state index in [-0.39, 0.29) is 0 Å². The number of hydrogen-bond acceptors (Lipinski definition) is 3. The van der Waals surface area contributed by atoms with E-state index < -0.39 is 6.43 Å². The summed E-state index contributed by atoms with van der Waals surface area (Å²) in [6.45, 7) is 1.84. The Morgan fingerprint density at radius 2 is 2.38 bits per heavy atom. The monoisotopic (exact) mass is 188 g/mol. The van der Waals surface area contributed by atoms with Gasteiger partial charge in [-0.2, -0.15) is 0 Å². The van der Waals surface area contributed by atoms with Crippen LogP contribution in [0.25, 0.3) is 0 Å². The van der Waals surface area contributed by atoms with E-state index >= 15 is 0 Å². The van der Waals surface area contributed by atoms with E-state index in [0.29, 0.717) is 8.06 Å². The van der Waals surface area contributed by atoms with Gasteiger partial charge < -0.3 is 5.16 Å². The number of nitrogens with zero attached hydrogens (tertiary/aromatic N) is 1. The Bertz CT molecular complexity index is 126. The highest BCUT2D eigenvalue weighted by Gasteiger charge is 1.94. The first-order valence-corrected chi connectivity index (χ1v) is 7.63. The van der Waals surface area contributed by atoms with E-state index in [1.807, 2.05) is 16.1 Å². The van der Waals surface area contributed by atoms with Crippen molar-refractivity contribution in [3.05, 3.63) is 0 Å². The summed E-state index contributed by atoms with van der Waals surface area (Å²) in [5.41, 5.74) is 0. The van der Waals surface area contributed by atoms with Gasteiger partial charge in [0.1, 0.15) is 0 Å². The van der Waals surface area contributed by atoms with Crippen LogP contribution in [0, 0.1) is 5.16 Å². The lowest BCUT2D eigenvalue weighted by molar-refractivity contribution is 0.415. The van der Waals surface area contributed by atoms with Gasteiger partial charge in [-0.1, -0.05) is 8.93 Å². The van der Waals surface area contributed by atoms with Crippen LogP contribution in [0.2, 0.25) is 0 Å². The summed E-state index contributed by atoms with van der Waals surface area (Å²) in [5.74, 6) is 0. The molecule has 0 radical (unpaired) electrons. The SMILES string of the molecule is CP(=N)(P)P=NOP. The van der Waals surface area contributed by atoms with Crippen molar-refractivity contribution in [2.75, 3.05) is 6.66 Å². The Labute approximate surface area is 54.9 Å². The van der Waals surface area contributed by atoms with Gasteiger partial charge in [-0.3, -0.25) is 0 Å². The molecule has 1 N–H and O–H groups in total. The van der Waals surface area contributed by atoms with E-state index in [1.165, 1.54) is 0 Å². The van der Waals surface area contributed by atoms with Crippen molar-refractivity contribution in [1.82, 2.24) is 0 Å². The van der Waals surface area contributed by atoms with Crippen molar-refractivity contribution in [2.45, 2.75) is 0 Å². The molecule has 8 heavy (non-hydrogen) atoms. The standard InChI is InChI=1S/CH8N2OP4/c1-8(2,6)7-3-4-5/h2H,5-6H2,1H3. The molecule has 0 amide bonds.